The number of fused-ring (bicyclic) bond motifs is 1. The van der Waals surface area contributed by atoms with Gasteiger partial charge in [0.25, 0.3) is 0 Å². The average molecular weight is 272 g/mol. The van der Waals surface area contributed by atoms with Gasteiger partial charge in [0.05, 0.1) is 12.5 Å². The predicted octanol–water partition coefficient (Wildman–Crippen LogP) is 2.29. The molecule has 0 unspecified atom stereocenters. The third-order valence-electron chi connectivity index (χ3n) is 4.26. The summed E-state index contributed by atoms with van der Waals surface area (Å²) in [6.45, 7) is 2.10. The fourth-order valence-electron chi connectivity index (χ4n) is 3.02. The number of rotatable bonds is 2. The minimum Gasteiger partial charge on any atom is -0.618 e. The van der Waals surface area contributed by atoms with Crippen molar-refractivity contribution in [1.29, 1.82) is 0 Å². The van der Waals surface area contributed by atoms with Crippen molar-refractivity contribution in [1.82, 2.24) is 4.90 Å². The van der Waals surface area contributed by atoms with Crippen LogP contribution in [0.3, 0.4) is 0 Å². The Morgan fingerprint density at radius 2 is 2.05 bits per heavy atom. The average Bonchev–Trinajstić information content (AvgIpc) is 2.47. The molecule has 0 saturated carbocycles. The molecule has 4 heteroatoms. The number of benzene rings is 1. The molecule has 3 rings (SSSR count). The topological polar surface area (TPSA) is 39.4 Å². The lowest BCUT2D eigenvalue weighted by atomic mass is 9.92. The molecule has 106 valence electrons. The summed E-state index contributed by atoms with van der Waals surface area (Å²) in [5.41, 5.74) is 0.870. The Bertz CT molecular complexity index is 619. The molecule has 2 aromatic rings. The largest absolute Gasteiger partial charge is 0.618 e. The fraction of sp³-hybridized carbons (Fsp3) is 0.438. The first-order valence-electron chi connectivity index (χ1n) is 7.07. The van der Waals surface area contributed by atoms with E-state index in [4.69, 9.17) is 4.74 Å². The van der Waals surface area contributed by atoms with Gasteiger partial charge in [-0.05, 0) is 45.1 Å². The molecule has 1 aliphatic rings. The number of ether oxygens (including phenoxy) is 1. The zero-order chi connectivity index (χ0) is 14.1. The van der Waals surface area contributed by atoms with Gasteiger partial charge in [0, 0.05) is 17.4 Å². The minimum atomic E-state index is 0.345. The van der Waals surface area contributed by atoms with Crippen LogP contribution in [0.15, 0.2) is 30.5 Å². The number of likely N-dealkylation sites (tertiary alicyclic amines) is 1. The smallest absolute Gasteiger partial charge is 0.196 e. The van der Waals surface area contributed by atoms with Crippen LogP contribution in [0.1, 0.15) is 24.5 Å². The Labute approximate surface area is 119 Å². The molecule has 1 fully saturated rings. The summed E-state index contributed by atoms with van der Waals surface area (Å²) < 4.78 is 6.45. The molecule has 1 aliphatic heterocycles. The highest BCUT2D eigenvalue weighted by molar-refractivity contribution is 5.87. The van der Waals surface area contributed by atoms with Crippen molar-refractivity contribution in [2.75, 3.05) is 27.2 Å². The van der Waals surface area contributed by atoms with Crippen LogP contribution in [-0.4, -0.2) is 32.1 Å². The van der Waals surface area contributed by atoms with Crippen LogP contribution in [0.4, 0.5) is 0 Å². The predicted molar refractivity (Wildman–Crippen MR) is 78.9 cm³/mol. The minimum absolute atomic E-state index is 0.345. The van der Waals surface area contributed by atoms with Crippen LogP contribution >= 0.6 is 0 Å². The number of nitrogens with zero attached hydrogens (tertiary/aromatic N) is 2. The van der Waals surface area contributed by atoms with Gasteiger partial charge in [0.15, 0.2) is 11.9 Å². The number of hydrogen-bond donors (Lipinski definition) is 0. The second-order valence-corrected chi connectivity index (χ2v) is 5.56. The van der Waals surface area contributed by atoms with Crippen molar-refractivity contribution in [3.8, 4) is 5.75 Å². The molecule has 0 amide bonds. The Balaban J connectivity index is 2.04. The van der Waals surface area contributed by atoms with E-state index >= 15 is 0 Å². The van der Waals surface area contributed by atoms with Crippen molar-refractivity contribution in [2.45, 2.75) is 18.8 Å². The van der Waals surface area contributed by atoms with Crippen LogP contribution in [0.25, 0.3) is 10.8 Å². The summed E-state index contributed by atoms with van der Waals surface area (Å²) in [7, 11) is 3.80. The molecule has 1 aromatic carbocycles. The summed E-state index contributed by atoms with van der Waals surface area (Å²) in [6.07, 6.45) is 3.75. The van der Waals surface area contributed by atoms with Gasteiger partial charge < -0.3 is 14.8 Å². The lowest BCUT2D eigenvalue weighted by molar-refractivity contribution is -0.614. The van der Waals surface area contributed by atoms with E-state index < -0.39 is 0 Å². The SMILES string of the molecule is COc1cccc2c[n+]([O-])c(C3CCN(C)CC3)cc12. The molecular weight excluding hydrogens is 252 g/mol. The van der Waals surface area contributed by atoms with Crippen LogP contribution in [0, 0.1) is 5.21 Å². The zero-order valence-electron chi connectivity index (χ0n) is 12.0. The maximum Gasteiger partial charge on any atom is 0.196 e. The van der Waals surface area contributed by atoms with Gasteiger partial charge in [-0.2, -0.15) is 4.73 Å². The first-order valence-corrected chi connectivity index (χ1v) is 7.07. The van der Waals surface area contributed by atoms with Gasteiger partial charge in [-0.15, -0.1) is 0 Å². The van der Waals surface area contributed by atoms with Gasteiger partial charge >= 0.3 is 0 Å². The quantitative estimate of drug-likeness (QED) is 0.622. The molecule has 0 aliphatic carbocycles. The molecular formula is C16H20N2O2. The van der Waals surface area contributed by atoms with Crippen molar-refractivity contribution in [3.05, 3.63) is 41.4 Å². The first-order chi connectivity index (χ1) is 9.69. The van der Waals surface area contributed by atoms with E-state index in [1.165, 1.54) is 0 Å². The van der Waals surface area contributed by atoms with E-state index in [9.17, 15) is 5.21 Å². The summed E-state index contributed by atoms with van der Waals surface area (Å²) >= 11 is 0. The second kappa shape index (κ2) is 5.29. The molecule has 0 radical (unpaired) electrons. The number of aromatic nitrogens is 1. The molecule has 0 spiro atoms. The number of methoxy groups -OCH3 is 1. The normalized spacial score (nSPS) is 17.5. The van der Waals surface area contributed by atoms with E-state index in [1.54, 1.807) is 13.3 Å². The molecule has 0 N–H and O–H groups in total. The molecule has 0 bridgehead atoms. The molecule has 1 aromatic heterocycles. The summed E-state index contributed by atoms with van der Waals surface area (Å²) in [6, 6.07) is 7.81. The standard InChI is InChI=1S/C16H20N2O2/c1-17-8-6-12(7-9-17)15-10-14-13(11-18(15)19)4-3-5-16(14)20-2/h3-5,10-12H,6-9H2,1-2H3. The summed E-state index contributed by atoms with van der Waals surface area (Å²) in [5.74, 6) is 1.18. The van der Waals surface area contributed by atoms with Gasteiger partial charge in [-0.1, -0.05) is 6.07 Å². The lowest BCUT2D eigenvalue weighted by Crippen LogP contribution is -2.37. The van der Waals surface area contributed by atoms with E-state index in [1.807, 2.05) is 24.3 Å². The van der Waals surface area contributed by atoms with Crippen LogP contribution in [-0.2, 0) is 0 Å². The van der Waals surface area contributed by atoms with Crippen molar-refractivity contribution in [3.63, 3.8) is 0 Å². The maximum absolute atomic E-state index is 12.3. The third-order valence-corrected chi connectivity index (χ3v) is 4.26. The van der Waals surface area contributed by atoms with Crippen LogP contribution < -0.4 is 9.47 Å². The number of hydrogen-bond acceptors (Lipinski definition) is 3. The number of pyridine rings is 1. The molecule has 0 atom stereocenters. The maximum atomic E-state index is 12.3. The second-order valence-electron chi connectivity index (χ2n) is 5.56. The highest BCUT2D eigenvalue weighted by atomic mass is 16.5. The van der Waals surface area contributed by atoms with E-state index in [-0.39, 0.29) is 0 Å². The highest BCUT2D eigenvalue weighted by Crippen LogP contribution is 2.30. The van der Waals surface area contributed by atoms with Crippen LogP contribution in [0.5, 0.6) is 5.75 Å². The van der Waals surface area contributed by atoms with Gasteiger partial charge in [0.1, 0.15) is 5.75 Å². The zero-order valence-corrected chi connectivity index (χ0v) is 12.0. The van der Waals surface area contributed by atoms with E-state index in [0.29, 0.717) is 5.92 Å². The molecule has 2 heterocycles. The van der Waals surface area contributed by atoms with E-state index in [0.717, 1.165) is 52.9 Å². The lowest BCUT2D eigenvalue weighted by Gasteiger charge is -2.27. The van der Waals surface area contributed by atoms with Crippen LogP contribution in [0.2, 0.25) is 0 Å². The Morgan fingerprint density at radius 3 is 2.75 bits per heavy atom. The first kappa shape index (κ1) is 13.2. The summed E-state index contributed by atoms with van der Waals surface area (Å²) in [4.78, 5) is 2.31. The number of piperidine rings is 1. The van der Waals surface area contributed by atoms with E-state index in [2.05, 4.69) is 11.9 Å². The Morgan fingerprint density at radius 1 is 1.30 bits per heavy atom. The summed E-state index contributed by atoms with van der Waals surface area (Å²) in [5, 5.41) is 14.2. The third kappa shape index (κ3) is 2.31. The van der Waals surface area contributed by atoms with Crippen molar-refractivity contribution < 1.29 is 9.47 Å². The monoisotopic (exact) mass is 272 g/mol. The molecule has 20 heavy (non-hydrogen) atoms. The fourth-order valence-corrected chi connectivity index (χ4v) is 3.02. The molecule has 1 saturated heterocycles. The highest BCUT2D eigenvalue weighted by Gasteiger charge is 2.25. The van der Waals surface area contributed by atoms with Gasteiger partial charge in [0.2, 0.25) is 0 Å². The van der Waals surface area contributed by atoms with Crippen molar-refractivity contribution in [2.24, 2.45) is 0 Å². The Kier molecular flexibility index (Phi) is 3.49. The van der Waals surface area contributed by atoms with Gasteiger partial charge in [-0.3, -0.25) is 0 Å². The Hall–Kier alpha value is -1.81. The van der Waals surface area contributed by atoms with Crippen molar-refractivity contribution >= 4 is 10.8 Å². The molecule has 4 nitrogen and oxygen atoms in total. The van der Waals surface area contributed by atoms with Gasteiger partial charge in [-0.25, -0.2) is 0 Å².